The minimum atomic E-state index is -0.784. The number of para-hydroxylation sites is 1. The molecule has 0 aliphatic heterocycles. The molecule has 3 heteroatoms. The molecule has 3 aromatic carbocycles. The SMILES string of the molecule is Cl.Nc1ccccc1C(Cl)(c1ccccc1)c1ccccc1. The molecule has 0 atom stereocenters. The van der Waals surface area contributed by atoms with Gasteiger partial charge in [0.1, 0.15) is 4.87 Å². The van der Waals surface area contributed by atoms with E-state index in [-0.39, 0.29) is 12.4 Å². The maximum atomic E-state index is 7.14. The van der Waals surface area contributed by atoms with Crippen molar-refractivity contribution in [2.45, 2.75) is 4.87 Å². The average molecular weight is 330 g/mol. The quantitative estimate of drug-likeness (QED) is 0.398. The van der Waals surface area contributed by atoms with Crippen molar-refractivity contribution in [3.8, 4) is 0 Å². The van der Waals surface area contributed by atoms with Gasteiger partial charge in [0.05, 0.1) is 0 Å². The van der Waals surface area contributed by atoms with Crippen LogP contribution in [0, 0.1) is 0 Å². The van der Waals surface area contributed by atoms with Gasteiger partial charge in [0.25, 0.3) is 0 Å². The van der Waals surface area contributed by atoms with Crippen LogP contribution in [0.5, 0.6) is 0 Å². The molecule has 0 saturated carbocycles. The molecular weight excluding hydrogens is 313 g/mol. The standard InChI is InChI=1S/C19H16ClN.ClH/c20-19(15-9-3-1-4-10-15,16-11-5-2-6-12-16)17-13-7-8-14-18(17)21;/h1-14H,21H2;1H. The Labute approximate surface area is 142 Å². The van der Waals surface area contributed by atoms with Gasteiger partial charge in [-0.1, -0.05) is 78.9 Å². The van der Waals surface area contributed by atoms with E-state index in [9.17, 15) is 0 Å². The maximum absolute atomic E-state index is 7.14. The van der Waals surface area contributed by atoms with E-state index in [1.807, 2.05) is 84.9 Å². The molecule has 2 N–H and O–H groups in total. The topological polar surface area (TPSA) is 26.0 Å². The Morgan fingerprint density at radius 1 is 0.636 bits per heavy atom. The van der Waals surface area contributed by atoms with E-state index in [4.69, 9.17) is 17.3 Å². The fraction of sp³-hybridized carbons (Fsp3) is 0.0526. The van der Waals surface area contributed by atoms with Crippen LogP contribution in [0.25, 0.3) is 0 Å². The highest BCUT2D eigenvalue weighted by Crippen LogP contribution is 2.44. The Hall–Kier alpha value is -1.96. The highest BCUT2D eigenvalue weighted by Gasteiger charge is 2.35. The fourth-order valence-electron chi connectivity index (χ4n) is 2.62. The van der Waals surface area contributed by atoms with E-state index in [1.165, 1.54) is 0 Å². The van der Waals surface area contributed by atoms with E-state index in [0.29, 0.717) is 5.69 Å². The zero-order valence-corrected chi connectivity index (χ0v) is 13.5. The average Bonchev–Trinajstić information content (AvgIpc) is 2.56. The van der Waals surface area contributed by atoms with E-state index >= 15 is 0 Å². The summed E-state index contributed by atoms with van der Waals surface area (Å²) in [5.41, 5.74) is 9.82. The Balaban J connectivity index is 0.00000176. The van der Waals surface area contributed by atoms with Crippen molar-refractivity contribution in [3.63, 3.8) is 0 Å². The Bertz CT molecular complexity index is 687. The van der Waals surface area contributed by atoms with E-state index in [0.717, 1.165) is 16.7 Å². The lowest BCUT2D eigenvalue weighted by atomic mass is 9.83. The summed E-state index contributed by atoms with van der Waals surface area (Å²) < 4.78 is 0. The van der Waals surface area contributed by atoms with Crippen LogP contribution in [0.3, 0.4) is 0 Å². The molecule has 0 fully saturated rings. The number of alkyl halides is 1. The first-order chi connectivity index (χ1) is 10.2. The van der Waals surface area contributed by atoms with Crippen molar-refractivity contribution >= 4 is 29.7 Å². The van der Waals surface area contributed by atoms with Crippen molar-refractivity contribution in [3.05, 3.63) is 102 Å². The second-order valence-electron chi connectivity index (χ2n) is 4.98. The predicted octanol–water partition coefficient (Wildman–Crippen LogP) is 5.22. The smallest absolute Gasteiger partial charge is 0.121 e. The summed E-state index contributed by atoms with van der Waals surface area (Å²) in [6, 6.07) is 27.9. The number of benzene rings is 3. The number of nitrogen functional groups attached to an aromatic ring is 1. The lowest BCUT2D eigenvalue weighted by Gasteiger charge is -2.30. The lowest BCUT2D eigenvalue weighted by molar-refractivity contribution is 0.883. The van der Waals surface area contributed by atoms with E-state index < -0.39 is 4.87 Å². The number of anilines is 1. The van der Waals surface area contributed by atoms with Gasteiger partial charge in [-0.25, -0.2) is 0 Å². The fourth-order valence-corrected chi connectivity index (χ4v) is 3.05. The third-order valence-electron chi connectivity index (χ3n) is 3.68. The molecule has 0 amide bonds. The van der Waals surface area contributed by atoms with Gasteiger partial charge in [-0.3, -0.25) is 0 Å². The second-order valence-corrected chi connectivity index (χ2v) is 5.54. The van der Waals surface area contributed by atoms with E-state index in [2.05, 4.69) is 0 Å². The number of nitrogens with two attached hydrogens (primary N) is 1. The third kappa shape index (κ3) is 2.83. The summed E-state index contributed by atoms with van der Waals surface area (Å²) in [6.07, 6.45) is 0. The highest BCUT2D eigenvalue weighted by atomic mass is 35.5. The van der Waals surface area contributed by atoms with Crippen LogP contribution in [0.2, 0.25) is 0 Å². The first-order valence-electron chi connectivity index (χ1n) is 6.88. The van der Waals surface area contributed by atoms with Crippen molar-refractivity contribution in [2.24, 2.45) is 0 Å². The summed E-state index contributed by atoms with van der Waals surface area (Å²) in [4.78, 5) is -0.784. The van der Waals surface area contributed by atoms with Crippen LogP contribution in [0.4, 0.5) is 5.69 Å². The summed E-state index contributed by atoms with van der Waals surface area (Å²) in [6.45, 7) is 0. The van der Waals surface area contributed by atoms with Crippen LogP contribution in [-0.2, 0) is 4.87 Å². The molecule has 0 heterocycles. The Kier molecular flexibility index (Phi) is 5.12. The number of rotatable bonds is 3. The van der Waals surface area contributed by atoms with Crippen LogP contribution in [-0.4, -0.2) is 0 Å². The number of hydrogen-bond donors (Lipinski definition) is 1. The lowest BCUT2D eigenvalue weighted by Crippen LogP contribution is -2.23. The molecule has 0 saturated heterocycles. The Morgan fingerprint density at radius 3 is 1.50 bits per heavy atom. The monoisotopic (exact) mass is 329 g/mol. The van der Waals surface area contributed by atoms with Gasteiger partial charge < -0.3 is 5.73 Å². The molecule has 0 bridgehead atoms. The third-order valence-corrected chi connectivity index (χ3v) is 4.32. The van der Waals surface area contributed by atoms with Gasteiger partial charge in [0.15, 0.2) is 0 Å². The molecule has 22 heavy (non-hydrogen) atoms. The molecule has 0 aliphatic rings. The van der Waals surface area contributed by atoms with Crippen molar-refractivity contribution in [1.29, 1.82) is 0 Å². The second kappa shape index (κ2) is 6.87. The van der Waals surface area contributed by atoms with Gasteiger partial charge in [-0.05, 0) is 17.2 Å². The van der Waals surface area contributed by atoms with E-state index in [1.54, 1.807) is 0 Å². The Morgan fingerprint density at radius 2 is 1.05 bits per heavy atom. The highest BCUT2D eigenvalue weighted by molar-refractivity contribution is 6.28. The summed E-state index contributed by atoms with van der Waals surface area (Å²) in [5.74, 6) is 0. The molecule has 3 rings (SSSR count). The molecule has 0 aromatic heterocycles. The van der Waals surface area contributed by atoms with Crippen molar-refractivity contribution in [2.75, 3.05) is 5.73 Å². The van der Waals surface area contributed by atoms with Crippen LogP contribution < -0.4 is 5.73 Å². The normalized spacial score (nSPS) is 10.8. The van der Waals surface area contributed by atoms with Crippen LogP contribution in [0.1, 0.15) is 16.7 Å². The summed E-state index contributed by atoms with van der Waals surface area (Å²) in [5, 5.41) is 0. The maximum Gasteiger partial charge on any atom is 0.121 e. The number of hydrogen-bond acceptors (Lipinski definition) is 1. The van der Waals surface area contributed by atoms with Crippen molar-refractivity contribution in [1.82, 2.24) is 0 Å². The molecule has 0 aliphatic carbocycles. The zero-order valence-electron chi connectivity index (χ0n) is 11.9. The summed E-state index contributed by atoms with van der Waals surface area (Å²) in [7, 11) is 0. The minimum absolute atomic E-state index is 0. The molecular formula is C19H17Cl2N. The van der Waals surface area contributed by atoms with Crippen LogP contribution >= 0.6 is 24.0 Å². The molecule has 0 spiro atoms. The zero-order chi connectivity index (χ0) is 14.7. The van der Waals surface area contributed by atoms with Gasteiger partial charge in [0, 0.05) is 11.3 Å². The first-order valence-corrected chi connectivity index (χ1v) is 7.25. The minimum Gasteiger partial charge on any atom is -0.398 e. The first kappa shape index (κ1) is 16.4. The molecule has 0 radical (unpaired) electrons. The van der Waals surface area contributed by atoms with Gasteiger partial charge >= 0.3 is 0 Å². The van der Waals surface area contributed by atoms with Gasteiger partial charge in [0.2, 0.25) is 0 Å². The van der Waals surface area contributed by atoms with Crippen LogP contribution in [0.15, 0.2) is 84.9 Å². The predicted molar refractivity (Wildman–Crippen MR) is 96.7 cm³/mol. The van der Waals surface area contributed by atoms with Gasteiger partial charge in [-0.15, -0.1) is 24.0 Å². The molecule has 3 aromatic rings. The molecule has 112 valence electrons. The van der Waals surface area contributed by atoms with Crippen molar-refractivity contribution < 1.29 is 0 Å². The molecule has 1 nitrogen and oxygen atoms in total. The van der Waals surface area contributed by atoms with Gasteiger partial charge in [-0.2, -0.15) is 0 Å². The molecule has 0 unspecified atom stereocenters. The number of halogens is 2. The largest absolute Gasteiger partial charge is 0.398 e. The summed E-state index contributed by atoms with van der Waals surface area (Å²) >= 11 is 7.14.